The van der Waals surface area contributed by atoms with E-state index in [9.17, 15) is 4.79 Å². The maximum atomic E-state index is 12.2. The molecule has 1 saturated heterocycles. The Kier molecular flexibility index (Phi) is 5.39. The number of amides is 2. The zero-order valence-electron chi connectivity index (χ0n) is 15.9. The molecule has 2 aromatic carbocycles. The fourth-order valence-electron chi connectivity index (χ4n) is 3.36. The minimum absolute atomic E-state index is 0.218. The van der Waals surface area contributed by atoms with E-state index in [0.29, 0.717) is 6.54 Å². The van der Waals surface area contributed by atoms with Gasteiger partial charge in [-0.25, -0.2) is 9.78 Å². The number of hydrogen-bond acceptors (Lipinski definition) is 4. The van der Waals surface area contributed by atoms with Gasteiger partial charge in [-0.1, -0.05) is 36.4 Å². The molecule has 2 heterocycles. The molecule has 1 fully saturated rings. The van der Waals surface area contributed by atoms with E-state index in [4.69, 9.17) is 4.74 Å². The summed E-state index contributed by atoms with van der Waals surface area (Å²) in [7, 11) is 0. The highest BCUT2D eigenvalue weighted by atomic mass is 16.5. The second-order valence-corrected chi connectivity index (χ2v) is 7.02. The summed E-state index contributed by atoms with van der Waals surface area (Å²) in [6.07, 6.45) is 2.03. The smallest absolute Gasteiger partial charge is 0.319 e. The van der Waals surface area contributed by atoms with Crippen LogP contribution in [0.4, 0.5) is 16.3 Å². The first-order chi connectivity index (χ1) is 13.7. The second kappa shape index (κ2) is 8.27. The molecule has 4 rings (SSSR count). The predicted molar refractivity (Wildman–Crippen MR) is 112 cm³/mol. The Morgan fingerprint density at radius 2 is 2.04 bits per heavy atom. The summed E-state index contributed by atoms with van der Waals surface area (Å²) < 4.78 is 5.57. The molecule has 0 spiro atoms. The van der Waals surface area contributed by atoms with Crippen LogP contribution in [-0.4, -0.2) is 36.8 Å². The van der Waals surface area contributed by atoms with Gasteiger partial charge >= 0.3 is 6.03 Å². The van der Waals surface area contributed by atoms with Crippen molar-refractivity contribution in [3.05, 3.63) is 66.4 Å². The van der Waals surface area contributed by atoms with Crippen LogP contribution in [0.5, 0.6) is 0 Å². The van der Waals surface area contributed by atoms with E-state index in [1.807, 2.05) is 60.8 Å². The van der Waals surface area contributed by atoms with Crippen molar-refractivity contribution < 1.29 is 9.53 Å². The van der Waals surface area contributed by atoms with E-state index in [2.05, 4.69) is 27.4 Å². The fraction of sp³-hybridized carbons (Fsp3) is 0.273. The summed E-state index contributed by atoms with van der Waals surface area (Å²) in [5.74, 6) is 0.944. The van der Waals surface area contributed by atoms with Gasteiger partial charge < -0.3 is 20.3 Å². The highest BCUT2D eigenvalue weighted by Crippen LogP contribution is 2.19. The lowest BCUT2D eigenvalue weighted by molar-refractivity contribution is 0.0529. The summed E-state index contributed by atoms with van der Waals surface area (Å²) in [5.41, 5.74) is 1.73. The van der Waals surface area contributed by atoms with Crippen LogP contribution < -0.4 is 15.5 Å². The largest absolute Gasteiger partial charge is 0.375 e. The highest BCUT2D eigenvalue weighted by molar-refractivity contribution is 5.93. The standard InChI is InChI=1S/C22H24N4O2/c1-16-15-26(10-11-28-16)21-9-6-17(13-23-21)14-24-22(27)25-20-8-7-18-4-2-3-5-19(18)12-20/h2-9,12-13,16H,10-11,14-15H2,1H3,(H2,24,25,27). The van der Waals surface area contributed by atoms with Crippen LogP contribution in [-0.2, 0) is 11.3 Å². The first-order valence-electron chi connectivity index (χ1n) is 9.52. The van der Waals surface area contributed by atoms with Crippen LogP contribution >= 0.6 is 0 Å². The third-order valence-electron chi connectivity index (χ3n) is 4.83. The van der Waals surface area contributed by atoms with Gasteiger partial charge in [0.2, 0.25) is 0 Å². The first kappa shape index (κ1) is 18.3. The number of rotatable bonds is 4. The lowest BCUT2D eigenvalue weighted by Crippen LogP contribution is -2.41. The zero-order valence-corrected chi connectivity index (χ0v) is 15.9. The van der Waals surface area contributed by atoms with Crippen molar-refractivity contribution in [2.75, 3.05) is 29.9 Å². The molecule has 0 saturated carbocycles. The van der Waals surface area contributed by atoms with Crippen molar-refractivity contribution >= 4 is 28.3 Å². The van der Waals surface area contributed by atoms with Gasteiger partial charge in [-0.15, -0.1) is 0 Å². The number of urea groups is 1. The molecule has 1 aromatic heterocycles. The number of carbonyl (C=O) groups is 1. The lowest BCUT2D eigenvalue weighted by atomic mass is 10.1. The number of carbonyl (C=O) groups excluding carboxylic acids is 1. The molecule has 1 aliphatic heterocycles. The third kappa shape index (κ3) is 4.40. The number of hydrogen-bond donors (Lipinski definition) is 2. The molecule has 1 aliphatic rings. The average molecular weight is 376 g/mol. The number of ether oxygens (including phenoxy) is 1. The number of fused-ring (bicyclic) bond motifs is 1. The van der Waals surface area contributed by atoms with E-state index in [-0.39, 0.29) is 12.1 Å². The summed E-state index contributed by atoms with van der Waals surface area (Å²) in [4.78, 5) is 19.0. The number of morpholine rings is 1. The van der Waals surface area contributed by atoms with Gasteiger partial charge in [-0.3, -0.25) is 0 Å². The number of benzene rings is 2. The first-order valence-corrected chi connectivity index (χ1v) is 9.52. The van der Waals surface area contributed by atoms with Gasteiger partial charge in [0.1, 0.15) is 5.82 Å². The van der Waals surface area contributed by atoms with Crippen LogP contribution in [0.15, 0.2) is 60.8 Å². The van der Waals surface area contributed by atoms with Crippen LogP contribution in [0, 0.1) is 0 Å². The maximum Gasteiger partial charge on any atom is 0.319 e. The van der Waals surface area contributed by atoms with Gasteiger partial charge in [-0.05, 0) is 41.5 Å². The lowest BCUT2D eigenvalue weighted by Gasteiger charge is -2.32. The quantitative estimate of drug-likeness (QED) is 0.727. The molecule has 6 heteroatoms. The average Bonchev–Trinajstić information content (AvgIpc) is 2.72. The molecule has 0 radical (unpaired) electrons. The number of anilines is 2. The minimum atomic E-state index is -0.235. The summed E-state index contributed by atoms with van der Waals surface area (Å²) in [6, 6.07) is 17.7. The Morgan fingerprint density at radius 3 is 2.82 bits per heavy atom. The van der Waals surface area contributed by atoms with Crippen molar-refractivity contribution in [1.29, 1.82) is 0 Å². The molecule has 2 N–H and O–H groups in total. The van der Waals surface area contributed by atoms with Crippen molar-refractivity contribution in [2.24, 2.45) is 0 Å². The Bertz CT molecular complexity index is 958. The summed E-state index contributed by atoms with van der Waals surface area (Å²) >= 11 is 0. The molecule has 3 aromatic rings. The topological polar surface area (TPSA) is 66.5 Å². The predicted octanol–water partition coefficient (Wildman–Crippen LogP) is 3.78. The molecule has 1 atom stereocenters. The zero-order chi connectivity index (χ0) is 19.3. The fourth-order valence-corrected chi connectivity index (χ4v) is 3.36. The van der Waals surface area contributed by atoms with Crippen molar-refractivity contribution in [1.82, 2.24) is 10.3 Å². The van der Waals surface area contributed by atoms with E-state index in [1.54, 1.807) is 0 Å². The van der Waals surface area contributed by atoms with E-state index in [0.717, 1.165) is 47.5 Å². The number of nitrogens with zero attached hydrogens (tertiary/aromatic N) is 2. The normalized spacial score (nSPS) is 16.8. The molecular formula is C22H24N4O2. The third-order valence-corrected chi connectivity index (χ3v) is 4.83. The number of pyridine rings is 1. The summed E-state index contributed by atoms with van der Waals surface area (Å²) in [6.45, 7) is 4.91. The van der Waals surface area contributed by atoms with Crippen molar-refractivity contribution in [2.45, 2.75) is 19.6 Å². The molecule has 6 nitrogen and oxygen atoms in total. The summed E-state index contributed by atoms with van der Waals surface area (Å²) in [5, 5.41) is 8.00. The molecule has 1 unspecified atom stereocenters. The maximum absolute atomic E-state index is 12.2. The van der Waals surface area contributed by atoms with Crippen LogP contribution in [0.3, 0.4) is 0 Å². The Hall–Kier alpha value is -3.12. The Labute approximate surface area is 164 Å². The monoisotopic (exact) mass is 376 g/mol. The minimum Gasteiger partial charge on any atom is -0.375 e. The van der Waals surface area contributed by atoms with Crippen molar-refractivity contribution in [3.8, 4) is 0 Å². The molecule has 0 bridgehead atoms. The van der Waals surface area contributed by atoms with E-state index < -0.39 is 0 Å². The number of aromatic nitrogens is 1. The molecule has 0 aliphatic carbocycles. The Balaban J connectivity index is 1.31. The molecule has 144 valence electrons. The van der Waals surface area contributed by atoms with Gasteiger partial charge in [0.25, 0.3) is 0 Å². The van der Waals surface area contributed by atoms with Gasteiger partial charge in [0.05, 0.1) is 12.7 Å². The molecule has 2 amide bonds. The number of nitrogens with one attached hydrogen (secondary N) is 2. The van der Waals surface area contributed by atoms with Crippen LogP contribution in [0.1, 0.15) is 12.5 Å². The SMILES string of the molecule is CC1CN(c2ccc(CNC(=O)Nc3ccc4ccccc4c3)cn2)CCO1. The molecule has 28 heavy (non-hydrogen) atoms. The van der Waals surface area contributed by atoms with E-state index in [1.165, 1.54) is 0 Å². The van der Waals surface area contributed by atoms with Crippen molar-refractivity contribution in [3.63, 3.8) is 0 Å². The molecular weight excluding hydrogens is 352 g/mol. The van der Waals surface area contributed by atoms with Gasteiger partial charge in [-0.2, -0.15) is 0 Å². The Morgan fingerprint density at radius 1 is 1.18 bits per heavy atom. The van der Waals surface area contributed by atoms with Crippen LogP contribution in [0.25, 0.3) is 10.8 Å². The van der Waals surface area contributed by atoms with E-state index >= 15 is 0 Å². The second-order valence-electron chi connectivity index (χ2n) is 7.02. The van der Waals surface area contributed by atoms with Gasteiger partial charge in [0, 0.05) is 31.5 Å². The highest BCUT2D eigenvalue weighted by Gasteiger charge is 2.17. The van der Waals surface area contributed by atoms with Crippen LogP contribution in [0.2, 0.25) is 0 Å². The van der Waals surface area contributed by atoms with Gasteiger partial charge in [0.15, 0.2) is 0 Å².